The van der Waals surface area contributed by atoms with E-state index in [1.54, 1.807) is 12.4 Å². The highest BCUT2D eigenvalue weighted by Gasteiger charge is 2.21. The van der Waals surface area contributed by atoms with E-state index in [-0.39, 0.29) is 17.9 Å². The van der Waals surface area contributed by atoms with Crippen LogP contribution >= 0.6 is 0 Å². The number of hydrogen-bond donors (Lipinski definition) is 1. The van der Waals surface area contributed by atoms with Crippen LogP contribution in [0.5, 0.6) is 0 Å². The van der Waals surface area contributed by atoms with E-state index in [2.05, 4.69) is 42.3 Å². The van der Waals surface area contributed by atoms with Crippen molar-refractivity contribution in [2.75, 3.05) is 13.1 Å². The second-order valence-corrected chi connectivity index (χ2v) is 7.59. The number of benzene rings is 1. The number of rotatable bonds is 6. The quantitative estimate of drug-likeness (QED) is 0.832. The number of hydrogen-bond acceptors (Lipinski definition) is 3. The fourth-order valence-electron chi connectivity index (χ4n) is 3.78. The lowest BCUT2D eigenvalue weighted by Crippen LogP contribution is -2.36. The van der Waals surface area contributed by atoms with Crippen molar-refractivity contribution in [3.63, 3.8) is 0 Å². The Hall–Kier alpha value is -2.69. The van der Waals surface area contributed by atoms with Gasteiger partial charge in [-0.1, -0.05) is 36.2 Å². The molecular weight excluding hydrogens is 350 g/mol. The van der Waals surface area contributed by atoms with Gasteiger partial charge >= 0.3 is 0 Å². The number of aromatic nitrogens is 1. The fourth-order valence-corrected chi connectivity index (χ4v) is 3.78. The Labute approximate surface area is 167 Å². The third kappa shape index (κ3) is 5.18. The molecule has 0 saturated carbocycles. The van der Waals surface area contributed by atoms with E-state index >= 15 is 0 Å². The third-order valence-corrected chi connectivity index (χ3v) is 5.34. The Kier molecular flexibility index (Phi) is 6.80. The molecule has 3 rings (SSSR count). The van der Waals surface area contributed by atoms with Crippen molar-refractivity contribution in [2.24, 2.45) is 0 Å². The van der Waals surface area contributed by atoms with Crippen LogP contribution in [0.15, 0.2) is 42.7 Å². The normalized spacial score (nSPS) is 15.8. The van der Waals surface area contributed by atoms with Gasteiger partial charge in [-0.2, -0.15) is 0 Å². The molecule has 1 saturated heterocycles. The molecule has 2 aromatic rings. The number of carbonyl (C=O) groups is 2. The molecule has 0 radical (unpaired) electrons. The first-order valence-electron chi connectivity index (χ1n) is 10.1. The summed E-state index contributed by atoms with van der Waals surface area (Å²) in [5, 5.41) is 3.16. The van der Waals surface area contributed by atoms with Crippen molar-refractivity contribution >= 4 is 11.8 Å². The van der Waals surface area contributed by atoms with E-state index in [0.717, 1.165) is 42.5 Å². The smallest absolute Gasteiger partial charge is 0.222 e. The summed E-state index contributed by atoms with van der Waals surface area (Å²) in [6, 6.07) is 9.88. The lowest BCUT2D eigenvalue weighted by Gasteiger charge is -2.24. The first kappa shape index (κ1) is 20.1. The largest absolute Gasteiger partial charge is 0.345 e. The van der Waals surface area contributed by atoms with Crippen LogP contribution < -0.4 is 5.32 Å². The van der Waals surface area contributed by atoms with Crippen molar-refractivity contribution < 1.29 is 9.59 Å². The zero-order valence-electron chi connectivity index (χ0n) is 16.8. The maximum absolute atomic E-state index is 12.7. The van der Waals surface area contributed by atoms with Crippen LogP contribution in [0.4, 0.5) is 0 Å². The average Bonchev–Trinajstić information content (AvgIpc) is 2.90. The maximum atomic E-state index is 12.7. The molecule has 0 spiro atoms. The van der Waals surface area contributed by atoms with Crippen molar-refractivity contribution in [1.82, 2.24) is 15.2 Å². The standard InChI is InChI=1S/C23H29N3O2/c1-17-9-10-20(18(2)15-17)23(19-7-6-12-24-16-19)25-21(27)11-14-26-13-5-3-4-8-22(26)28/h6-7,9-10,12,15-16,23H,3-5,8,11,13-14H2,1-2H3,(H,25,27). The Morgan fingerprint density at radius 1 is 1.21 bits per heavy atom. The molecule has 1 N–H and O–H groups in total. The van der Waals surface area contributed by atoms with Gasteiger partial charge in [0.25, 0.3) is 0 Å². The predicted molar refractivity (Wildman–Crippen MR) is 110 cm³/mol. The number of pyridine rings is 1. The molecule has 28 heavy (non-hydrogen) atoms. The second kappa shape index (κ2) is 9.49. The molecule has 1 unspecified atom stereocenters. The Morgan fingerprint density at radius 2 is 2.07 bits per heavy atom. The monoisotopic (exact) mass is 379 g/mol. The third-order valence-electron chi connectivity index (χ3n) is 5.34. The molecule has 1 aliphatic rings. The summed E-state index contributed by atoms with van der Waals surface area (Å²) in [6.45, 7) is 5.37. The molecule has 2 amide bonds. The number of nitrogens with one attached hydrogen (secondary N) is 1. The Morgan fingerprint density at radius 3 is 2.82 bits per heavy atom. The summed E-state index contributed by atoms with van der Waals surface area (Å²) in [4.78, 5) is 31.0. The van der Waals surface area contributed by atoms with Crippen LogP contribution in [-0.2, 0) is 9.59 Å². The highest BCUT2D eigenvalue weighted by molar-refractivity contribution is 5.79. The first-order chi connectivity index (χ1) is 13.5. The number of likely N-dealkylation sites (tertiary alicyclic amines) is 1. The minimum absolute atomic E-state index is 0.0501. The molecule has 1 aliphatic heterocycles. The molecule has 148 valence electrons. The van der Waals surface area contributed by atoms with Crippen LogP contribution in [0.1, 0.15) is 60.4 Å². The molecule has 5 nitrogen and oxygen atoms in total. The average molecular weight is 380 g/mol. The highest BCUT2D eigenvalue weighted by Crippen LogP contribution is 2.25. The van der Waals surface area contributed by atoms with Crippen LogP contribution in [-0.4, -0.2) is 34.8 Å². The maximum Gasteiger partial charge on any atom is 0.222 e. The van der Waals surface area contributed by atoms with Gasteiger partial charge < -0.3 is 10.2 Å². The summed E-state index contributed by atoms with van der Waals surface area (Å²) in [5.41, 5.74) is 4.35. The van der Waals surface area contributed by atoms with Gasteiger partial charge in [0.1, 0.15) is 0 Å². The van der Waals surface area contributed by atoms with E-state index in [1.165, 1.54) is 5.56 Å². The fraction of sp³-hybridized carbons (Fsp3) is 0.435. The molecule has 1 fully saturated rings. The van der Waals surface area contributed by atoms with Crippen LogP contribution in [0, 0.1) is 13.8 Å². The van der Waals surface area contributed by atoms with Crippen molar-refractivity contribution in [2.45, 2.75) is 52.0 Å². The summed E-state index contributed by atoms with van der Waals surface area (Å²) < 4.78 is 0. The van der Waals surface area contributed by atoms with E-state index in [0.29, 0.717) is 19.4 Å². The molecule has 1 aromatic carbocycles. The van der Waals surface area contributed by atoms with Crippen LogP contribution in [0.25, 0.3) is 0 Å². The summed E-state index contributed by atoms with van der Waals surface area (Å²) in [7, 11) is 0. The van der Waals surface area contributed by atoms with Gasteiger partial charge in [0.2, 0.25) is 11.8 Å². The van der Waals surface area contributed by atoms with E-state index in [1.807, 2.05) is 17.0 Å². The molecule has 0 bridgehead atoms. The van der Waals surface area contributed by atoms with E-state index < -0.39 is 0 Å². The van der Waals surface area contributed by atoms with Crippen molar-refractivity contribution in [1.29, 1.82) is 0 Å². The highest BCUT2D eigenvalue weighted by atomic mass is 16.2. The molecule has 1 atom stereocenters. The number of nitrogens with zero attached hydrogens (tertiary/aromatic N) is 2. The lowest BCUT2D eigenvalue weighted by atomic mass is 9.94. The number of aryl methyl sites for hydroxylation is 2. The number of carbonyl (C=O) groups excluding carboxylic acids is 2. The van der Waals surface area contributed by atoms with E-state index in [9.17, 15) is 9.59 Å². The SMILES string of the molecule is Cc1ccc(C(NC(=O)CCN2CCCCCC2=O)c2cccnc2)c(C)c1. The van der Waals surface area contributed by atoms with Crippen LogP contribution in [0.2, 0.25) is 0 Å². The van der Waals surface area contributed by atoms with Crippen molar-refractivity contribution in [3.05, 3.63) is 65.0 Å². The topological polar surface area (TPSA) is 62.3 Å². The molecule has 1 aromatic heterocycles. The van der Waals surface area contributed by atoms with Crippen molar-refractivity contribution in [3.8, 4) is 0 Å². The second-order valence-electron chi connectivity index (χ2n) is 7.59. The lowest BCUT2D eigenvalue weighted by molar-refractivity contribution is -0.131. The minimum Gasteiger partial charge on any atom is -0.345 e. The predicted octanol–water partition coefficient (Wildman–Crippen LogP) is 3.70. The zero-order valence-corrected chi connectivity index (χ0v) is 16.8. The van der Waals surface area contributed by atoms with Gasteiger partial charge in [0, 0.05) is 38.3 Å². The molecule has 0 aliphatic carbocycles. The number of amides is 2. The summed E-state index contributed by atoms with van der Waals surface area (Å²) >= 11 is 0. The molecule has 2 heterocycles. The Balaban J connectivity index is 1.72. The summed E-state index contributed by atoms with van der Waals surface area (Å²) in [6.07, 6.45) is 7.50. The van der Waals surface area contributed by atoms with Gasteiger partial charge in [-0.15, -0.1) is 0 Å². The zero-order chi connectivity index (χ0) is 19.9. The Bertz CT molecular complexity index is 820. The molecule has 5 heteroatoms. The van der Waals surface area contributed by atoms with Gasteiger partial charge in [-0.05, 0) is 49.4 Å². The first-order valence-corrected chi connectivity index (χ1v) is 10.1. The molecular formula is C23H29N3O2. The van der Waals surface area contributed by atoms with Gasteiger partial charge in [0.05, 0.1) is 6.04 Å². The van der Waals surface area contributed by atoms with E-state index in [4.69, 9.17) is 0 Å². The summed E-state index contributed by atoms with van der Waals surface area (Å²) in [5.74, 6) is 0.120. The minimum atomic E-state index is -0.248. The van der Waals surface area contributed by atoms with Gasteiger partial charge in [-0.3, -0.25) is 14.6 Å². The van der Waals surface area contributed by atoms with Gasteiger partial charge in [-0.25, -0.2) is 0 Å². The van der Waals surface area contributed by atoms with Gasteiger partial charge in [0.15, 0.2) is 0 Å². The van der Waals surface area contributed by atoms with Crippen LogP contribution in [0.3, 0.4) is 0 Å².